The van der Waals surface area contributed by atoms with Crippen LogP contribution in [0.4, 0.5) is 0 Å². The van der Waals surface area contributed by atoms with Gasteiger partial charge in [0.1, 0.15) is 5.75 Å². The van der Waals surface area contributed by atoms with Crippen molar-refractivity contribution in [1.29, 1.82) is 0 Å². The molecule has 1 amide bonds. The number of benzene rings is 2. The van der Waals surface area contributed by atoms with Gasteiger partial charge in [0.15, 0.2) is 6.10 Å². The molecule has 3 nitrogen and oxygen atoms in total. The lowest BCUT2D eigenvalue weighted by atomic mass is 10.2. The summed E-state index contributed by atoms with van der Waals surface area (Å²) in [4.78, 5) is 14.3. The van der Waals surface area contributed by atoms with Crippen LogP contribution >= 0.6 is 0 Å². The first-order valence-electron chi connectivity index (χ1n) is 7.62. The van der Waals surface area contributed by atoms with Gasteiger partial charge >= 0.3 is 0 Å². The van der Waals surface area contributed by atoms with E-state index >= 15 is 0 Å². The van der Waals surface area contributed by atoms with Gasteiger partial charge in [-0.05, 0) is 36.6 Å². The van der Waals surface area contributed by atoms with Crippen molar-refractivity contribution in [3.05, 3.63) is 65.7 Å². The predicted octanol–water partition coefficient (Wildman–Crippen LogP) is 3.81. The topological polar surface area (TPSA) is 29.5 Å². The summed E-state index contributed by atoms with van der Waals surface area (Å²) in [5.41, 5.74) is 2.24. The summed E-state index contributed by atoms with van der Waals surface area (Å²) in [6, 6.07) is 17.8. The molecule has 0 spiro atoms. The van der Waals surface area contributed by atoms with Gasteiger partial charge in [0, 0.05) is 13.6 Å². The van der Waals surface area contributed by atoms with Crippen LogP contribution in [-0.4, -0.2) is 24.0 Å². The summed E-state index contributed by atoms with van der Waals surface area (Å²) in [7, 11) is 1.82. The molecule has 2 rings (SSSR count). The average molecular weight is 297 g/mol. The molecule has 0 saturated carbocycles. The maximum absolute atomic E-state index is 12.6. The Morgan fingerprint density at radius 2 is 1.86 bits per heavy atom. The van der Waals surface area contributed by atoms with Gasteiger partial charge in [-0.2, -0.15) is 0 Å². The smallest absolute Gasteiger partial charge is 0.263 e. The van der Waals surface area contributed by atoms with E-state index in [0.29, 0.717) is 13.0 Å². The third-order valence-corrected chi connectivity index (χ3v) is 3.55. The first-order chi connectivity index (χ1) is 10.6. The molecule has 0 aliphatic heterocycles. The van der Waals surface area contributed by atoms with Gasteiger partial charge in [-0.1, -0.05) is 49.4 Å². The molecule has 0 aliphatic rings. The van der Waals surface area contributed by atoms with Gasteiger partial charge in [-0.15, -0.1) is 0 Å². The summed E-state index contributed by atoms with van der Waals surface area (Å²) in [6.45, 7) is 4.57. The summed E-state index contributed by atoms with van der Waals surface area (Å²) >= 11 is 0. The molecule has 1 atom stereocenters. The lowest BCUT2D eigenvalue weighted by Crippen LogP contribution is -2.39. The summed E-state index contributed by atoms with van der Waals surface area (Å²) in [5.74, 6) is 0.751. The van der Waals surface area contributed by atoms with Crippen molar-refractivity contribution in [2.75, 3.05) is 7.05 Å². The molecule has 116 valence electrons. The number of hydrogen-bond donors (Lipinski definition) is 0. The number of carbonyl (C=O) groups is 1. The molecule has 0 heterocycles. The molecule has 0 radical (unpaired) electrons. The molecule has 3 heteroatoms. The summed E-state index contributed by atoms with van der Waals surface area (Å²) < 4.78 is 5.87. The third-order valence-electron chi connectivity index (χ3n) is 3.55. The molecule has 0 N–H and O–H groups in total. The first-order valence-corrected chi connectivity index (χ1v) is 7.62. The quantitative estimate of drug-likeness (QED) is 0.811. The number of carbonyl (C=O) groups excluding carboxylic acids is 1. The zero-order valence-corrected chi connectivity index (χ0v) is 13.5. The molecule has 2 aromatic carbocycles. The second-order valence-electron chi connectivity index (χ2n) is 5.51. The minimum atomic E-state index is -0.449. The molecular weight excluding hydrogens is 274 g/mol. The highest BCUT2D eigenvalue weighted by atomic mass is 16.5. The predicted molar refractivity (Wildman–Crippen MR) is 88.8 cm³/mol. The normalized spacial score (nSPS) is 11.8. The van der Waals surface area contributed by atoms with Crippen molar-refractivity contribution in [2.24, 2.45) is 0 Å². The largest absolute Gasteiger partial charge is 0.481 e. The molecule has 22 heavy (non-hydrogen) atoms. The highest BCUT2D eigenvalue weighted by Gasteiger charge is 2.22. The second kappa shape index (κ2) is 7.64. The van der Waals surface area contributed by atoms with Crippen LogP contribution in [-0.2, 0) is 11.3 Å². The highest BCUT2D eigenvalue weighted by Crippen LogP contribution is 2.17. The molecule has 0 saturated heterocycles. The maximum Gasteiger partial charge on any atom is 0.263 e. The van der Waals surface area contributed by atoms with Crippen LogP contribution in [0.25, 0.3) is 0 Å². The van der Waals surface area contributed by atoms with E-state index < -0.39 is 6.10 Å². The molecular formula is C19H23NO2. The van der Waals surface area contributed by atoms with E-state index in [9.17, 15) is 4.79 Å². The van der Waals surface area contributed by atoms with Crippen LogP contribution < -0.4 is 4.74 Å². The van der Waals surface area contributed by atoms with Gasteiger partial charge in [0.05, 0.1) is 0 Å². The molecule has 0 aromatic heterocycles. The number of rotatable bonds is 6. The molecule has 0 bridgehead atoms. The maximum atomic E-state index is 12.6. The van der Waals surface area contributed by atoms with Crippen molar-refractivity contribution in [2.45, 2.75) is 32.9 Å². The van der Waals surface area contributed by atoms with E-state index in [1.165, 1.54) is 0 Å². The van der Waals surface area contributed by atoms with E-state index in [-0.39, 0.29) is 5.91 Å². The van der Waals surface area contributed by atoms with E-state index in [1.54, 1.807) is 4.90 Å². The average Bonchev–Trinajstić information content (AvgIpc) is 2.53. The fourth-order valence-corrected chi connectivity index (χ4v) is 2.34. The van der Waals surface area contributed by atoms with Gasteiger partial charge in [-0.3, -0.25) is 4.79 Å². The Hall–Kier alpha value is -2.29. The molecule has 0 fully saturated rings. The zero-order valence-electron chi connectivity index (χ0n) is 13.5. The summed E-state index contributed by atoms with van der Waals surface area (Å²) in [6.07, 6.45) is 0.196. The third kappa shape index (κ3) is 4.35. The van der Waals surface area contributed by atoms with Crippen molar-refractivity contribution in [1.82, 2.24) is 4.90 Å². The minimum Gasteiger partial charge on any atom is -0.481 e. The lowest BCUT2D eigenvalue weighted by Gasteiger charge is -2.24. The Balaban J connectivity index is 2.01. The van der Waals surface area contributed by atoms with Gasteiger partial charge in [0.2, 0.25) is 0 Å². The Bertz CT molecular complexity index is 610. The van der Waals surface area contributed by atoms with Crippen LogP contribution in [0.5, 0.6) is 5.75 Å². The van der Waals surface area contributed by atoms with E-state index in [4.69, 9.17) is 4.74 Å². The Morgan fingerprint density at radius 3 is 2.50 bits per heavy atom. The van der Waals surface area contributed by atoms with E-state index in [0.717, 1.165) is 16.9 Å². The number of amides is 1. The van der Waals surface area contributed by atoms with Crippen LogP contribution in [0.1, 0.15) is 24.5 Å². The molecule has 2 aromatic rings. The minimum absolute atomic E-state index is 0.00728. The number of aryl methyl sites for hydroxylation is 1. The van der Waals surface area contributed by atoms with E-state index in [2.05, 4.69) is 0 Å². The Kier molecular flexibility index (Phi) is 5.59. The number of likely N-dealkylation sites (N-methyl/N-ethyl adjacent to an activating group) is 1. The van der Waals surface area contributed by atoms with Crippen LogP contribution in [0.3, 0.4) is 0 Å². The van der Waals surface area contributed by atoms with Crippen molar-refractivity contribution >= 4 is 5.91 Å². The van der Waals surface area contributed by atoms with Crippen LogP contribution in [0, 0.1) is 6.92 Å². The van der Waals surface area contributed by atoms with Crippen molar-refractivity contribution in [3.63, 3.8) is 0 Å². The first kappa shape index (κ1) is 16.1. The lowest BCUT2D eigenvalue weighted by molar-refractivity contribution is -0.138. The zero-order chi connectivity index (χ0) is 15.9. The Labute approximate surface area is 132 Å². The van der Waals surface area contributed by atoms with Crippen molar-refractivity contribution in [3.8, 4) is 5.75 Å². The fourth-order valence-electron chi connectivity index (χ4n) is 2.34. The number of ether oxygens (including phenoxy) is 1. The molecule has 0 unspecified atom stereocenters. The SMILES string of the molecule is CC[C@H](Oc1cccc(C)c1)C(=O)N(C)Cc1ccccc1. The van der Waals surface area contributed by atoms with Crippen molar-refractivity contribution < 1.29 is 9.53 Å². The monoisotopic (exact) mass is 297 g/mol. The molecule has 0 aliphatic carbocycles. The van der Waals surface area contributed by atoms with Gasteiger partial charge < -0.3 is 9.64 Å². The van der Waals surface area contributed by atoms with Gasteiger partial charge in [0.25, 0.3) is 5.91 Å². The standard InChI is InChI=1S/C19H23NO2/c1-4-18(22-17-12-8-9-15(2)13-17)19(21)20(3)14-16-10-6-5-7-11-16/h5-13,18H,4,14H2,1-3H3/t18-/m0/s1. The van der Waals surface area contributed by atoms with Crippen LogP contribution in [0.2, 0.25) is 0 Å². The number of hydrogen-bond acceptors (Lipinski definition) is 2. The van der Waals surface area contributed by atoms with E-state index in [1.807, 2.05) is 75.5 Å². The highest BCUT2D eigenvalue weighted by molar-refractivity contribution is 5.81. The summed E-state index contributed by atoms with van der Waals surface area (Å²) in [5, 5.41) is 0. The van der Waals surface area contributed by atoms with Gasteiger partial charge in [-0.25, -0.2) is 0 Å². The number of nitrogens with zero attached hydrogens (tertiary/aromatic N) is 1. The Morgan fingerprint density at radius 1 is 1.14 bits per heavy atom. The van der Waals surface area contributed by atoms with Crippen LogP contribution in [0.15, 0.2) is 54.6 Å². The fraction of sp³-hybridized carbons (Fsp3) is 0.316. The second-order valence-corrected chi connectivity index (χ2v) is 5.51.